The summed E-state index contributed by atoms with van der Waals surface area (Å²) in [6.45, 7) is 7.43. The normalized spacial score (nSPS) is 10.9. The van der Waals surface area contributed by atoms with E-state index in [0.29, 0.717) is 28.9 Å². The fourth-order valence-corrected chi connectivity index (χ4v) is 3.16. The van der Waals surface area contributed by atoms with Crippen LogP contribution in [0.4, 0.5) is 0 Å². The first-order valence-corrected chi connectivity index (χ1v) is 9.27. The first-order valence-electron chi connectivity index (χ1n) is 9.27. The lowest BCUT2D eigenvalue weighted by atomic mass is 10.1. The number of aromatic nitrogens is 4. The number of carbonyl (C=O) groups excluding carboxylic acids is 3. The molecule has 0 saturated heterocycles. The number of aryl methyl sites for hydroxylation is 2. The summed E-state index contributed by atoms with van der Waals surface area (Å²) in [6, 6.07) is 4.92. The molecule has 2 aromatic heterocycles. The van der Waals surface area contributed by atoms with Crippen LogP contribution in [0.3, 0.4) is 0 Å². The van der Waals surface area contributed by atoms with Gasteiger partial charge >= 0.3 is 11.9 Å². The van der Waals surface area contributed by atoms with Crippen molar-refractivity contribution >= 4 is 28.8 Å². The van der Waals surface area contributed by atoms with Gasteiger partial charge in [-0.3, -0.25) is 4.79 Å². The van der Waals surface area contributed by atoms with Crippen LogP contribution >= 0.6 is 0 Å². The van der Waals surface area contributed by atoms with Crippen LogP contribution < -0.4 is 0 Å². The number of nitrogens with zero attached hydrogens (tertiary/aromatic N) is 3. The van der Waals surface area contributed by atoms with Crippen molar-refractivity contribution in [1.29, 1.82) is 0 Å². The number of esters is 2. The molecule has 1 N–H and O–H groups in total. The molecule has 29 heavy (non-hydrogen) atoms. The topological polar surface area (TPSA) is 116 Å². The number of hydrogen-bond donors (Lipinski definition) is 1. The number of Topliss-reactive ketones (excluding diaryl/α,β-unsaturated/α-hetero) is 1. The number of H-pyrrole nitrogens is 1. The van der Waals surface area contributed by atoms with Gasteiger partial charge in [0, 0.05) is 12.2 Å². The Balaban J connectivity index is 1.71. The molecule has 0 amide bonds. The number of ketones is 1. The van der Waals surface area contributed by atoms with E-state index < -0.39 is 24.3 Å². The van der Waals surface area contributed by atoms with Crippen molar-refractivity contribution in [2.45, 2.75) is 34.2 Å². The Morgan fingerprint density at radius 3 is 2.55 bits per heavy atom. The van der Waals surface area contributed by atoms with Gasteiger partial charge in [-0.2, -0.15) is 0 Å². The van der Waals surface area contributed by atoms with Gasteiger partial charge in [-0.05, 0) is 51.5 Å². The van der Waals surface area contributed by atoms with Crippen molar-refractivity contribution in [3.05, 3.63) is 46.3 Å². The monoisotopic (exact) mass is 398 g/mol. The molecule has 9 heteroatoms. The number of hydrogen-bond acceptors (Lipinski definition) is 7. The predicted molar refractivity (Wildman–Crippen MR) is 104 cm³/mol. The van der Waals surface area contributed by atoms with Crippen LogP contribution in [0.15, 0.2) is 18.2 Å². The standard InChI is InChI=1S/C20H22N4O5/c1-5-24-15-8-7-13(9-14(15)22-23-24)19(26)29-10-16(25)18-11(3)17(12(4)21-18)20(27)28-6-2/h7-9,21H,5-6,10H2,1-4H3. The summed E-state index contributed by atoms with van der Waals surface area (Å²) < 4.78 is 11.9. The molecule has 0 spiro atoms. The van der Waals surface area contributed by atoms with Gasteiger partial charge in [-0.15, -0.1) is 5.10 Å². The number of aromatic amines is 1. The summed E-state index contributed by atoms with van der Waals surface area (Å²) in [5.41, 5.74) is 3.21. The van der Waals surface area contributed by atoms with Gasteiger partial charge in [-0.25, -0.2) is 14.3 Å². The van der Waals surface area contributed by atoms with E-state index in [1.165, 1.54) is 0 Å². The van der Waals surface area contributed by atoms with Crippen molar-refractivity contribution < 1.29 is 23.9 Å². The predicted octanol–water partition coefficient (Wildman–Crippen LogP) is 2.61. The second kappa shape index (κ2) is 8.26. The lowest BCUT2D eigenvalue weighted by Gasteiger charge is -2.05. The maximum absolute atomic E-state index is 12.5. The molecule has 0 saturated carbocycles. The third-order valence-electron chi connectivity index (χ3n) is 4.58. The Labute approximate surface area is 167 Å². The average molecular weight is 398 g/mol. The summed E-state index contributed by atoms with van der Waals surface area (Å²) in [4.78, 5) is 39.8. The maximum Gasteiger partial charge on any atom is 0.340 e. The lowest BCUT2D eigenvalue weighted by molar-refractivity contribution is 0.0472. The van der Waals surface area contributed by atoms with Gasteiger partial charge in [0.1, 0.15) is 5.52 Å². The fraction of sp³-hybridized carbons (Fsp3) is 0.350. The molecule has 0 unspecified atom stereocenters. The molecule has 0 radical (unpaired) electrons. The number of ether oxygens (including phenoxy) is 2. The van der Waals surface area contributed by atoms with Gasteiger partial charge in [0.25, 0.3) is 0 Å². The van der Waals surface area contributed by atoms with Crippen LogP contribution in [-0.2, 0) is 16.0 Å². The summed E-state index contributed by atoms with van der Waals surface area (Å²) in [6.07, 6.45) is 0. The van der Waals surface area contributed by atoms with E-state index in [-0.39, 0.29) is 17.9 Å². The highest BCUT2D eigenvalue weighted by Gasteiger charge is 2.23. The van der Waals surface area contributed by atoms with E-state index in [1.807, 2.05) is 6.92 Å². The molecule has 3 aromatic rings. The van der Waals surface area contributed by atoms with Crippen LogP contribution in [0.2, 0.25) is 0 Å². The van der Waals surface area contributed by atoms with Crippen molar-refractivity contribution in [2.75, 3.05) is 13.2 Å². The number of benzene rings is 1. The van der Waals surface area contributed by atoms with Crippen molar-refractivity contribution in [1.82, 2.24) is 20.0 Å². The van der Waals surface area contributed by atoms with Crippen LogP contribution in [0.5, 0.6) is 0 Å². The van der Waals surface area contributed by atoms with Crippen molar-refractivity contribution in [3.8, 4) is 0 Å². The molecule has 0 aliphatic rings. The second-order valence-electron chi connectivity index (χ2n) is 6.45. The molecule has 2 heterocycles. The fourth-order valence-electron chi connectivity index (χ4n) is 3.16. The number of fused-ring (bicyclic) bond motifs is 1. The minimum absolute atomic E-state index is 0.222. The quantitative estimate of drug-likeness (QED) is 0.480. The van der Waals surface area contributed by atoms with Crippen LogP contribution in [0, 0.1) is 13.8 Å². The van der Waals surface area contributed by atoms with Gasteiger partial charge < -0.3 is 14.5 Å². The molecule has 152 valence electrons. The highest BCUT2D eigenvalue weighted by atomic mass is 16.5. The van der Waals surface area contributed by atoms with Gasteiger partial charge in [-0.1, -0.05) is 5.21 Å². The molecular formula is C20H22N4O5. The molecular weight excluding hydrogens is 376 g/mol. The zero-order chi connectivity index (χ0) is 21.1. The Bertz CT molecular complexity index is 1100. The largest absolute Gasteiger partial charge is 0.462 e. The van der Waals surface area contributed by atoms with Crippen LogP contribution in [0.1, 0.15) is 56.3 Å². The average Bonchev–Trinajstić information content (AvgIpc) is 3.25. The molecule has 0 atom stereocenters. The highest BCUT2D eigenvalue weighted by Crippen LogP contribution is 2.20. The maximum atomic E-state index is 12.5. The molecule has 0 aliphatic carbocycles. The number of rotatable bonds is 7. The highest BCUT2D eigenvalue weighted by molar-refractivity contribution is 6.03. The van der Waals surface area contributed by atoms with E-state index >= 15 is 0 Å². The first-order chi connectivity index (χ1) is 13.9. The van der Waals surface area contributed by atoms with Crippen molar-refractivity contribution in [3.63, 3.8) is 0 Å². The van der Waals surface area contributed by atoms with E-state index in [4.69, 9.17) is 9.47 Å². The molecule has 1 aromatic carbocycles. The first kappa shape index (κ1) is 20.2. The zero-order valence-corrected chi connectivity index (χ0v) is 16.7. The minimum Gasteiger partial charge on any atom is -0.462 e. The molecule has 3 rings (SSSR count). The lowest BCUT2D eigenvalue weighted by Crippen LogP contribution is -2.15. The minimum atomic E-state index is -0.641. The van der Waals surface area contributed by atoms with Crippen molar-refractivity contribution in [2.24, 2.45) is 0 Å². The van der Waals surface area contributed by atoms with E-state index in [0.717, 1.165) is 5.52 Å². The molecule has 9 nitrogen and oxygen atoms in total. The Morgan fingerprint density at radius 1 is 1.10 bits per heavy atom. The summed E-state index contributed by atoms with van der Waals surface area (Å²) >= 11 is 0. The van der Waals surface area contributed by atoms with E-state index in [1.54, 1.807) is 43.7 Å². The van der Waals surface area contributed by atoms with Crippen LogP contribution in [0.25, 0.3) is 11.0 Å². The van der Waals surface area contributed by atoms with Gasteiger partial charge in [0.2, 0.25) is 5.78 Å². The number of carbonyl (C=O) groups is 3. The summed E-state index contributed by atoms with van der Waals surface area (Å²) in [5.74, 6) is -1.58. The zero-order valence-electron chi connectivity index (χ0n) is 16.7. The smallest absolute Gasteiger partial charge is 0.340 e. The van der Waals surface area contributed by atoms with E-state index in [9.17, 15) is 14.4 Å². The Kier molecular flexibility index (Phi) is 5.76. The molecule has 0 bridgehead atoms. The van der Waals surface area contributed by atoms with E-state index in [2.05, 4.69) is 15.3 Å². The third-order valence-corrected chi connectivity index (χ3v) is 4.58. The Morgan fingerprint density at radius 2 is 1.86 bits per heavy atom. The molecule has 0 aliphatic heterocycles. The second-order valence-corrected chi connectivity index (χ2v) is 6.45. The third kappa shape index (κ3) is 3.89. The van der Waals surface area contributed by atoms with Gasteiger partial charge in [0.15, 0.2) is 6.61 Å². The van der Waals surface area contributed by atoms with Crippen LogP contribution in [-0.4, -0.2) is 50.9 Å². The number of nitrogens with one attached hydrogen (secondary N) is 1. The Hall–Kier alpha value is -3.49. The summed E-state index contributed by atoms with van der Waals surface area (Å²) in [7, 11) is 0. The summed E-state index contributed by atoms with van der Waals surface area (Å²) in [5, 5.41) is 8.01. The molecule has 0 fully saturated rings. The van der Waals surface area contributed by atoms with Gasteiger partial charge in [0.05, 0.1) is 28.9 Å². The SMILES string of the molecule is CCOC(=O)c1c(C)[nH]c(C(=O)COC(=O)c2ccc3c(c2)nnn3CC)c1C.